The van der Waals surface area contributed by atoms with E-state index in [4.69, 9.17) is 33.0 Å². The van der Waals surface area contributed by atoms with Crippen molar-refractivity contribution in [3.05, 3.63) is 75.4 Å². The number of carboxylic acids is 1. The number of halogens is 2. The molecule has 0 atom stereocenters. The van der Waals surface area contributed by atoms with Crippen LogP contribution < -0.4 is 9.47 Å². The lowest BCUT2D eigenvalue weighted by molar-refractivity contribution is -0.605. The third-order valence-electron chi connectivity index (χ3n) is 3.49. The summed E-state index contributed by atoms with van der Waals surface area (Å²) < 4.78 is 6.89. The number of ketones is 1. The fourth-order valence-electron chi connectivity index (χ4n) is 2.35. The molecule has 2 aromatic heterocycles. The number of carbonyl (C=O) groups is 2. The molecular formula is C17H11Cl2N3O5. The highest BCUT2D eigenvalue weighted by molar-refractivity contribution is 6.37. The van der Waals surface area contributed by atoms with Crippen molar-refractivity contribution < 1.29 is 24.2 Å². The molecule has 0 saturated heterocycles. The number of para-hydroxylation sites is 1. The molecule has 0 amide bonds. The van der Waals surface area contributed by atoms with E-state index in [1.54, 1.807) is 12.1 Å². The van der Waals surface area contributed by atoms with Crippen LogP contribution in [0.1, 0.15) is 15.9 Å². The average Bonchev–Trinajstić information content (AvgIpc) is 3.08. The second kappa shape index (κ2) is 7.65. The number of hydrogen-bond donors (Lipinski definition) is 1. The Bertz CT molecular complexity index is 1010. The van der Waals surface area contributed by atoms with Crippen LogP contribution in [0.5, 0.6) is 5.75 Å². The maximum Gasteiger partial charge on any atom is 0.341 e. The van der Waals surface area contributed by atoms with Crippen molar-refractivity contribution in [1.29, 1.82) is 0 Å². The number of hydrogen-bond acceptors (Lipinski definition) is 5. The SMILES string of the molecule is O=C(O)COc1ccccc1C(=O)c1cnn(-c2c(Cl)c[n+]([O-])cc2Cl)c1. The summed E-state index contributed by atoms with van der Waals surface area (Å²) in [5.41, 5.74) is 0.633. The summed E-state index contributed by atoms with van der Waals surface area (Å²) in [5, 5.41) is 24.3. The van der Waals surface area contributed by atoms with Crippen LogP contribution in [0.25, 0.3) is 5.69 Å². The monoisotopic (exact) mass is 407 g/mol. The van der Waals surface area contributed by atoms with Crippen LogP contribution >= 0.6 is 23.2 Å². The zero-order chi connectivity index (χ0) is 19.6. The molecule has 3 aromatic rings. The Kier molecular flexibility index (Phi) is 5.29. The van der Waals surface area contributed by atoms with Crippen molar-refractivity contribution >= 4 is 35.0 Å². The summed E-state index contributed by atoms with van der Waals surface area (Å²) in [4.78, 5) is 23.5. The van der Waals surface area contributed by atoms with E-state index in [-0.39, 0.29) is 32.6 Å². The highest BCUT2D eigenvalue weighted by Gasteiger charge is 2.20. The molecule has 8 nitrogen and oxygen atoms in total. The van der Waals surface area contributed by atoms with Gasteiger partial charge in [0.15, 0.2) is 12.4 Å². The van der Waals surface area contributed by atoms with E-state index in [2.05, 4.69) is 5.10 Å². The fraction of sp³-hybridized carbons (Fsp3) is 0.0588. The lowest BCUT2D eigenvalue weighted by Gasteiger charge is -2.08. The van der Waals surface area contributed by atoms with Crippen molar-refractivity contribution in [1.82, 2.24) is 9.78 Å². The second-order valence-corrected chi connectivity index (χ2v) is 6.16. The number of benzene rings is 1. The molecule has 27 heavy (non-hydrogen) atoms. The molecule has 1 N–H and O–H groups in total. The van der Waals surface area contributed by atoms with Crippen molar-refractivity contribution in [3.63, 3.8) is 0 Å². The Morgan fingerprint density at radius 1 is 1.22 bits per heavy atom. The van der Waals surface area contributed by atoms with E-state index < -0.39 is 18.4 Å². The van der Waals surface area contributed by atoms with Gasteiger partial charge in [-0.25, -0.2) is 9.48 Å². The first-order valence-electron chi connectivity index (χ1n) is 7.48. The molecule has 0 aliphatic carbocycles. The Hall–Kier alpha value is -3.10. The third kappa shape index (κ3) is 4.02. The van der Waals surface area contributed by atoms with E-state index in [0.29, 0.717) is 4.73 Å². The smallest absolute Gasteiger partial charge is 0.341 e. The molecule has 3 rings (SSSR count). The van der Waals surface area contributed by atoms with E-state index >= 15 is 0 Å². The van der Waals surface area contributed by atoms with Gasteiger partial charge in [-0.05, 0) is 12.1 Å². The number of ether oxygens (including phenoxy) is 1. The Balaban J connectivity index is 1.94. The highest BCUT2D eigenvalue weighted by atomic mass is 35.5. The van der Waals surface area contributed by atoms with Crippen LogP contribution in [0.2, 0.25) is 10.0 Å². The van der Waals surface area contributed by atoms with E-state index in [1.165, 1.54) is 29.2 Å². The van der Waals surface area contributed by atoms with Gasteiger partial charge in [0.05, 0.1) is 17.3 Å². The van der Waals surface area contributed by atoms with Crippen LogP contribution in [0.15, 0.2) is 49.1 Å². The summed E-state index contributed by atoms with van der Waals surface area (Å²) in [6.07, 6.45) is 4.93. The van der Waals surface area contributed by atoms with Crippen molar-refractivity contribution in [2.24, 2.45) is 0 Å². The molecule has 0 radical (unpaired) electrons. The lowest BCUT2D eigenvalue weighted by atomic mass is 10.1. The number of pyridine rings is 1. The Morgan fingerprint density at radius 2 is 1.89 bits per heavy atom. The van der Waals surface area contributed by atoms with E-state index in [9.17, 15) is 14.8 Å². The van der Waals surface area contributed by atoms with Crippen LogP contribution in [0, 0.1) is 5.21 Å². The molecule has 0 spiro atoms. The molecule has 2 heterocycles. The van der Waals surface area contributed by atoms with Gasteiger partial charge in [-0.1, -0.05) is 35.3 Å². The minimum absolute atomic E-state index is 0.0600. The van der Waals surface area contributed by atoms with Gasteiger partial charge in [-0.2, -0.15) is 9.83 Å². The zero-order valence-corrected chi connectivity index (χ0v) is 15.0. The Labute approximate surface area is 162 Å². The third-order valence-corrected chi connectivity index (χ3v) is 4.04. The maximum atomic E-state index is 12.8. The normalized spacial score (nSPS) is 10.6. The molecule has 0 fully saturated rings. The minimum atomic E-state index is -1.16. The standard InChI is InChI=1S/C17H11Cl2N3O5/c18-12-7-21(26)8-13(19)16(12)22-6-10(5-20-22)17(25)11-3-1-2-4-14(11)27-9-15(23)24/h1-8H,9H2,(H,23,24). The van der Waals surface area contributed by atoms with Crippen LogP contribution in [-0.2, 0) is 4.79 Å². The minimum Gasteiger partial charge on any atom is -0.619 e. The molecule has 0 bridgehead atoms. The van der Waals surface area contributed by atoms with Gasteiger partial charge < -0.3 is 15.1 Å². The largest absolute Gasteiger partial charge is 0.619 e. The summed E-state index contributed by atoms with van der Waals surface area (Å²) in [6, 6.07) is 6.26. The van der Waals surface area contributed by atoms with Gasteiger partial charge in [0, 0.05) is 6.20 Å². The first kappa shape index (κ1) is 18.7. The molecule has 138 valence electrons. The lowest BCUT2D eigenvalue weighted by Crippen LogP contribution is -2.25. The van der Waals surface area contributed by atoms with Gasteiger partial charge in [0.25, 0.3) is 0 Å². The predicted octanol–water partition coefficient (Wildman–Crippen LogP) is 2.51. The zero-order valence-electron chi connectivity index (χ0n) is 13.5. The summed E-state index contributed by atoms with van der Waals surface area (Å²) in [5.74, 6) is -1.45. The second-order valence-electron chi connectivity index (χ2n) is 5.34. The first-order chi connectivity index (χ1) is 12.9. The van der Waals surface area contributed by atoms with Gasteiger partial charge in [0.2, 0.25) is 12.4 Å². The van der Waals surface area contributed by atoms with E-state index in [0.717, 1.165) is 12.4 Å². The van der Waals surface area contributed by atoms with Gasteiger partial charge in [0.1, 0.15) is 21.5 Å². The topological polar surface area (TPSA) is 108 Å². The van der Waals surface area contributed by atoms with Crippen molar-refractivity contribution in [3.8, 4) is 11.4 Å². The number of aromatic nitrogens is 3. The van der Waals surface area contributed by atoms with Crippen LogP contribution in [-0.4, -0.2) is 33.2 Å². The van der Waals surface area contributed by atoms with Crippen LogP contribution in [0.4, 0.5) is 0 Å². The fourth-order valence-corrected chi connectivity index (χ4v) is 2.97. The average molecular weight is 408 g/mol. The maximum absolute atomic E-state index is 12.8. The molecule has 0 aliphatic rings. The number of aliphatic carboxylic acids is 1. The molecule has 0 aliphatic heterocycles. The molecular weight excluding hydrogens is 397 g/mol. The quantitative estimate of drug-likeness (QED) is 0.382. The van der Waals surface area contributed by atoms with Gasteiger partial charge in [-0.3, -0.25) is 4.79 Å². The summed E-state index contributed by atoms with van der Waals surface area (Å²) >= 11 is 12.1. The number of carbonyl (C=O) groups excluding carboxylic acids is 1. The predicted molar refractivity (Wildman–Crippen MR) is 95.5 cm³/mol. The van der Waals surface area contributed by atoms with Crippen molar-refractivity contribution in [2.45, 2.75) is 0 Å². The molecule has 0 saturated carbocycles. The number of carboxylic acid groups (broad SMARTS) is 1. The number of rotatable bonds is 6. The van der Waals surface area contributed by atoms with Gasteiger partial charge >= 0.3 is 5.97 Å². The first-order valence-corrected chi connectivity index (χ1v) is 8.23. The molecule has 10 heteroatoms. The van der Waals surface area contributed by atoms with Crippen LogP contribution in [0.3, 0.4) is 0 Å². The molecule has 0 unspecified atom stereocenters. The molecule has 1 aromatic carbocycles. The summed E-state index contributed by atoms with van der Waals surface area (Å²) in [7, 11) is 0. The highest BCUT2D eigenvalue weighted by Crippen LogP contribution is 2.27. The summed E-state index contributed by atoms with van der Waals surface area (Å²) in [6.45, 7) is -0.575. The number of nitrogens with zero attached hydrogens (tertiary/aromatic N) is 3. The van der Waals surface area contributed by atoms with Crippen molar-refractivity contribution in [2.75, 3.05) is 6.61 Å². The van der Waals surface area contributed by atoms with Gasteiger partial charge in [-0.15, -0.1) is 0 Å². The Morgan fingerprint density at radius 3 is 2.56 bits per heavy atom. The van der Waals surface area contributed by atoms with E-state index in [1.807, 2.05) is 0 Å².